The molecule has 0 aromatic heterocycles. The normalized spacial score (nSPS) is 12.0. The van der Waals surface area contributed by atoms with Crippen molar-refractivity contribution in [2.45, 2.75) is 19.8 Å². The van der Waals surface area contributed by atoms with Crippen LogP contribution in [-0.2, 0) is 0 Å². The minimum Gasteiger partial charge on any atom is -0.387 e. The van der Waals surface area contributed by atoms with Crippen molar-refractivity contribution in [3.05, 3.63) is 40.9 Å². The summed E-state index contributed by atoms with van der Waals surface area (Å²) in [4.78, 5) is 4.49. The molecule has 2 N–H and O–H groups in total. The van der Waals surface area contributed by atoms with E-state index in [0.29, 0.717) is 5.84 Å². The van der Waals surface area contributed by atoms with E-state index in [1.807, 2.05) is 24.3 Å². The Labute approximate surface area is 110 Å². The van der Waals surface area contributed by atoms with Crippen LogP contribution in [0.3, 0.4) is 0 Å². The van der Waals surface area contributed by atoms with Crippen LogP contribution in [0.2, 0.25) is 0 Å². The fourth-order valence-electron chi connectivity index (χ4n) is 1.81. The smallest absolute Gasteiger partial charge is 0.0996 e. The first-order valence-electron chi connectivity index (χ1n) is 5.72. The summed E-state index contributed by atoms with van der Waals surface area (Å²) in [6.45, 7) is 2.10. The highest BCUT2D eigenvalue weighted by atomic mass is 79.9. The lowest BCUT2D eigenvalue weighted by Gasteiger charge is -2.05. The molecule has 0 saturated heterocycles. The van der Waals surface area contributed by atoms with Gasteiger partial charge in [-0.05, 0) is 23.9 Å². The molecule has 17 heavy (non-hydrogen) atoms. The highest BCUT2D eigenvalue weighted by molar-refractivity contribution is 9.10. The second-order valence-electron chi connectivity index (χ2n) is 3.97. The maximum atomic E-state index is 5.88. The first-order valence-corrected chi connectivity index (χ1v) is 6.52. The Hall–Kier alpha value is -1.35. The standard InChI is InChI=1S/C14H15BrN2/c1-2-5-14(16)17-13-9-8-12(15)10-6-3-4-7-11(10)13/h3-4,6-9H,2,5H2,1H3,(H2,16,17). The molecule has 2 nitrogen and oxygen atoms in total. The summed E-state index contributed by atoms with van der Waals surface area (Å²) in [5, 5.41) is 2.29. The highest BCUT2D eigenvalue weighted by Crippen LogP contribution is 2.31. The minimum absolute atomic E-state index is 0.694. The SMILES string of the molecule is CCCC(N)=Nc1ccc(Br)c2ccccc12. The van der Waals surface area contributed by atoms with E-state index in [2.05, 4.69) is 40.0 Å². The van der Waals surface area contributed by atoms with Crippen LogP contribution >= 0.6 is 15.9 Å². The fraction of sp³-hybridized carbons (Fsp3) is 0.214. The number of hydrogen-bond donors (Lipinski definition) is 1. The van der Waals surface area contributed by atoms with Crippen LogP contribution in [0.25, 0.3) is 10.8 Å². The number of benzene rings is 2. The lowest BCUT2D eigenvalue weighted by molar-refractivity contribution is 0.983. The molecule has 2 rings (SSSR count). The Bertz CT molecular complexity index is 561. The zero-order valence-electron chi connectivity index (χ0n) is 9.78. The van der Waals surface area contributed by atoms with Crippen LogP contribution in [0.1, 0.15) is 19.8 Å². The number of halogens is 1. The summed E-state index contributed by atoms with van der Waals surface area (Å²) in [5.41, 5.74) is 6.82. The van der Waals surface area contributed by atoms with Crippen molar-refractivity contribution in [2.24, 2.45) is 10.7 Å². The van der Waals surface area contributed by atoms with Crippen molar-refractivity contribution in [1.82, 2.24) is 0 Å². The highest BCUT2D eigenvalue weighted by Gasteiger charge is 2.03. The van der Waals surface area contributed by atoms with Gasteiger partial charge in [0.25, 0.3) is 0 Å². The summed E-state index contributed by atoms with van der Waals surface area (Å²) < 4.78 is 1.08. The Morgan fingerprint density at radius 2 is 1.88 bits per heavy atom. The summed E-state index contributed by atoms with van der Waals surface area (Å²) in [5.74, 6) is 0.694. The van der Waals surface area contributed by atoms with Gasteiger partial charge in [0.15, 0.2) is 0 Å². The van der Waals surface area contributed by atoms with Crippen molar-refractivity contribution in [1.29, 1.82) is 0 Å². The molecule has 0 heterocycles. The van der Waals surface area contributed by atoms with Crippen LogP contribution in [0.4, 0.5) is 5.69 Å². The molecule has 2 aromatic rings. The van der Waals surface area contributed by atoms with Gasteiger partial charge >= 0.3 is 0 Å². The van der Waals surface area contributed by atoms with Crippen LogP contribution in [0.5, 0.6) is 0 Å². The van der Waals surface area contributed by atoms with Gasteiger partial charge in [-0.2, -0.15) is 0 Å². The van der Waals surface area contributed by atoms with Gasteiger partial charge in [-0.15, -0.1) is 0 Å². The number of rotatable bonds is 3. The molecule has 0 amide bonds. The largest absolute Gasteiger partial charge is 0.387 e. The zero-order valence-corrected chi connectivity index (χ0v) is 11.4. The third kappa shape index (κ3) is 2.67. The molecule has 0 aliphatic heterocycles. The summed E-state index contributed by atoms with van der Waals surface area (Å²) in [7, 11) is 0. The van der Waals surface area contributed by atoms with Gasteiger partial charge in [0, 0.05) is 16.3 Å². The fourth-order valence-corrected chi connectivity index (χ4v) is 2.29. The molecule has 0 bridgehead atoms. The van der Waals surface area contributed by atoms with Crippen LogP contribution in [-0.4, -0.2) is 5.84 Å². The quantitative estimate of drug-likeness (QED) is 0.661. The van der Waals surface area contributed by atoms with E-state index in [1.165, 1.54) is 0 Å². The molecule has 0 fully saturated rings. The predicted molar refractivity (Wildman–Crippen MR) is 77.8 cm³/mol. The van der Waals surface area contributed by atoms with E-state index < -0.39 is 0 Å². The van der Waals surface area contributed by atoms with E-state index in [9.17, 15) is 0 Å². The number of nitrogens with two attached hydrogens (primary N) is 1. The van der Waals surface area contributed by atoms with Crippen molar-refractivity contribution in [3.8, 4) is 0 Å². The van der Waals surface area contributed by atoms with Crippen LogP contribution < -0.4 is 5.73 Å². The van der Waals surface area contributed by atoms with Crippen LogP contribution in [0.15, 0.2) is 45.9 Å². The molecule has 0 unspecified atom stereocenters. The third-order valence-electron chi connectivity index (χ3n) is 2.62. The topological polar surface area (TPSA) is 38.4 Å². The molecule has 0 radical (unpaired) electrons. The number of fused-ring (bicyclic) bond motifs is 1. The lowest BCUT2D eigenvalue weighted by Crippen LogP contribution is -2.09. The average molecular weight is 291 g/mol. The third-order valence-corrected chi connectivity index (χ3v) is 3.31. The van der Waals surface area contributed by atoms with Gasteiger partial charge in [0.1, 0.15) is 0 Å². The van der Waals surface area contributed by atoms with Gasteiger partial charge in [-0.1, -0.05) is 47.1 Å². The van der Waals surface area contributed by atoms with E-state index in [0.717, 1.165) is 33.8 Å². The van der Waals surface area contributed by atoms with Gasteiger partial charge < -0.3 is 5.73 Å². The number of amidine groups is 1. The molecule has 0 aliphatic carbocycles. The van der Waals surface area contributed by atoms with Gasteiger partial charge in [-0.3, -0.25) is 0 Å². The van der Waals surface area contributed by atoms with Crippen molar-refractivity contribution < 1.29 is 0 Å². The van der Waals surface area contributed by atoms with E-state index >= 15 is 0 Å². The van der Waals surface area contributed by atoms with Crippen molar-refractivity contribution in [3.63, 3.8) is 0 Å². The summed E-state index contributed by atoms with van der Waals surface area (Å²) >= 11 is 3.55. The van der Waals surface area contributed by atoms with E-state index in [4.69, 9.17) is 5.73 Å². The Morgan fingerprint density at radius 1 is 1.18 bits per heavy atom. The number of hydrogen-bond acceptors (Lipinski definition) is 1. The predicted octanol–water partition coefficient (Wildman–Crippen LogP) is 4.39. The second kappa shape index (κ2) is 5.32. The van der Waals surface area contributed by atoms with E-state index in [1.54, 1.807) is 0 Å². The van der Waals surface area contributed by atoms with Crippen molar-refractivity contribution in [2.75, 3.05) is 0 Å². The molecule has 3 heteroatoms. The molecule has 0 atom stereocenters. The Balaban J connectivity index is 2.55. The lowest BCUT2D eigenvalue weighted by atomic mass is 10.1. The Kier molecular flexibility index (Phi) is 3.79. The van der Waals surface area contributed by atoms with Crippen molar-refractivity contribution >= 4 is 38.2 Å². The molecular weight excluding hydrogens is 276 g/mol. The monoisotopic (exact) mass is 290 g/mol. The van der Waals surface area contributed by atoms with Gasteiger partial charge in [-0.25, -0.2) is 4.99 Å². The number of nitrogens with zero attached hydrogens (tertiary/aromatic N) is 1. The molecular formula is C14H15BrN2. The maximum absolute atomic E-state index is 5.88. The van der Waals surface area contributed by atoms with E-state index in [-0.39, 0.29) is 0 Å². The molecule has 0 aliphatic rings. The average Bonchev–Trinajstić information content (AvgIpc) is 2.34. The summed E-state index contributed by atoms with van der Waals surface area (Å²) in [6, 6.07) is 12.2. The molecule has 2 aromatic carbocycles. The van der Waals surface area contributed by atoms with Gasteiger partial charge in [0.2, 0.25) is 0 Å². The second-order valence-corrected chi connectivity index (χ2v) is 4.82. The first kappa shape index (κ1) is 12.1. The molecule has 88 valence electrons. The zero-order chi connectivity index (χ0) is 12.3. The Morgan fingerprint density at radius 3 is 2.59 bits per heavy atom. The molecule has 0 spiro atoms. The minimum atomic E-state index is 0.694. The van der Waals surface area contributed by atoms with Crippen LogP contribution in [0, 0.1) is 0 Å². The van der Waals surface area contributed by atoms with Gasteiger partial charge in [0.05, 0.1) is 11.5 Å². The maximum Gasteiger partial charge on any atom is 0.0996 e. The number of aliphatic imine (C=N–C) groups is 1. The molecule has 0 saturated carbocycles. The first-order chi connectivity index (χ1) is 8.22. The summed E-state index contributed by atoms with van der Waals surface area (Å²) in [6.07, 6.45) is 1.86.